The lowest BCUT2D eigenvalue weighted by molar-refractivity contribution is 0.249. The maximum atomic E-state index is 10.5. The number of rotatable bonds is 2. The number of nitrogens with two attached hydrogens (primary N) is 1. The summed E-state index contributed by atoms with van der Waals surface area (Å²) >= 11 is 0. The van der Waals surface area contributed by atoms with E-state index in [0.29, 0.717) is 0 Å². The Balaban J connectivity index is 2.41. The summed E-state index contributed by atoms with van der Waals surface area (Å²) in [4.78, 5) is 10.5. The number of primary amides is 1. The summed E-state index contributed by atoms with van der Waals surface area (Å²) in [6, 6.07) is -0.575. The van der Waals surface area contributed by atoms with Gasteiger partial charge in [-0.15, -0.1) is 0 Å². The van der Waals surface area contributed by atoms with Gasteiger partial charge in [0.05, 0.1) is 0 Å². The molecule has 14 heavy (non-hydrogen) atoms. The minimum Gasteiger partial charge on any atom is -0.350 e. The van der Waals surface area contributed by atoms with Crippen LogP contribution in [0.4, 0.5) is 4.79 Å². The zero-order valence-electron chi connectivity index (χ0n) is 8.75. The van der Waals surface area contributed by atoms with E-state index >= 15 is 0 Å². The molecule has 1 saturated carbocycles. The van der Waals surface area contributed by atoms with Crippen molar-refractivity contribution in [1.29, 1.82) is 0 Å². The molecule has 0 radical (unpaired) electrons. The first-order valence-electron chi connectivity index (χ1n) is 5.33. The molecule has 0 aromatic rings. The second-order valence-electron chi connectivity index (χ2n) is 3.86. The molecule has 0 heterocycles. The van der Waals surface area contributed by atoms with Crippen LogP contribution in [-0.2, 0) is 0 Å². The zero-order chi connectivity index (χ0) is 10.4. The zero-order valence-corrected chi connectivity index (χ0v) is 8.75. The molecule has 4 nitrogen and oxygen atoms in total. The highest BCUT2D eigenvalue weighted by molar-refractivity contribution is 5.86. The highest BCUT2D eigenvalue weighted by Gasteiger charge is 2.13. The average Bonchev–Trinajstić information content (AvgIpc) is 2.39. The number of carbonyl (C=O) groups excluding carboxylic acids is 1. The quantitative estimate of drug-likeness (QED) is 0.516. The molecule has 0 bridgehead atoms. The number of urea groups is 1. The van der Waals surface area contributed by atoms with Gasteiger partial charge in [-0.25, -0.2) is 10.2 Å². The van der Waals surface area contributed by atoms with E-state index in [1.807, 2.05) is 0 Å². The number of hydrazone groups is 1. The van der Waals surface area contributed by atoms with Crippen LogP contribution in [-0.4, -0.2) is 11.7 Å². The number of nitrogens with one attached hydrogen (secondary N) is 1. The molecule has 1 rings (SSSR count). The van der Waals surface area contributed by atoms with Gasteiger partial charge in [-0.3, -0.25) is 0 Å². The fourth-order valence-electron chi connectivity index (χ4n) is 1.89. The topological polar surface area (TPSA) is 67.5 Å². The third-order valence-electron chi connectivity index (χ3n) is 2.82. The second-order valence-corrected chi connectivity index (χ2v) is 3.86. The first kappa shape index (κ1) is 11.0. The van der Waals surface area contributed by atoms with E-state index in [-0.39, 0.29) is 0 Å². The standard InChI is InChI=1S/C10H19N3O/c1-2-8-4-3-5-9(7-6-8)12-13-10(11)14/h8H,2-7H2,1H3,(H3,11,13,14)/b12-9+. The van der Waals surface area contributed by atoms with Gasteiger partial charge in [-0.1, -0.05) is 19.8 Å². The van der Waals surface area contributed by atoms with E-state index in [0.717, 1.165) is 24.5 Å². The molecule has 4 heteroatoms. The van der Waals surface area contributed by atoms with Gasteiger partial charge in [0.1, 0.15) is 0 Å². The molecule has 0 spiro atoms. The Labute approximate surface area is 84.9 Å². The van der Waals surface area contributed by atoms with E-state index < -0.39 is 6.03 Å². The Morgan fingerprint density at radius 2 is 2.36 bits per heavy atom. The third kappa shape index (κ3) is 3.77. The van der Waals surface area contributed by atoms with Crippen molar-refractivity contribution in [1.82, 2.24) is 5.43 Å². The maximum Gasteiger partial charge on any atom is 0.332 e. The SMILES string of the molecule is CCC1CCC/C(=N\NC(N)=O)CC1. The van der Waals surface area contributed by atoms with Crippen molar-refractivity contribution in [2.45, 2.75) is 45.4 Å². The van der Waals surface area contributed by atoms with E-state index in [1.165, 1.54) is 25.7 Å². The van der Waals surface area contributed by atoms with E-state index in [2.05, 4.69) is 17.5 Å². The Hall–Kier alpha value is -1.06. The third-order valence-corrected chi connectivity index (χ3v) is 2.82. The van der Waals surface area contributed by atoms with Crippen molar-refractivity contribution < 1.29 is 4.79 Å². The summed E-state index contributed by atoms with van der Waals surface area (Å²) < 4.78 is 0. The lowest BCUT2D eigenvalue weighted by Gasteiger charge is -2.08. The van der Waals surface area contributed by atoms with Crippen LogP contribution in [0.5, 0.6) is 0 Å². The highest BCUT2D eigenvalue weighted by atomic mass is 16.2. The van der Waals surface area contributed by atoms with Crippen molar-refractivity contribution in [2.24, 2.45) is 16.8 Å². The summed E-state index contributed by atoms with van der Waals surface area (Å²) in [6.45, 7) is 2.23. The summed E-state index contributed by atoms with van der Waals surface area (Å²) in [5.41, 5.74) is 8.33. The largest absolute Gasteiger partial charge is 0.350 e. The normalized spacial score (nSPS) is 25.8. The Bertz CT molecular complexity index is 225. The molecule has 80 valence electrons. The van der Waals surface area contributed by atoms with Crippen molar-refractivity contribution >= 4 is 11.7 Å². The number of nitrogens with zero attached hydrogens (tertiary/aromatic N) is 1. The van der Waals surface area contributed by atoms with Gasteiger partial charge in [0, 0.05) is 5.71 Å². The van der Waals surface area contributed by atoms with Crippen molar-refractivity contribution in [2.75, 3.05) is 0 Å². The highest BCUT2D eigenvalue weighted by Crippen LogP contribution is 2.23. The molecule has 0 aromatic heterocycles. The molecule has 0 aliphatic heterocycles. The lowest BCUT2D eigenvalue weighted by Crippen LogP contribution is -2.25. The molecule has 1 atom stereocenters. The van der Waals surface area contributed by atoms with Crippen LogP contribution in [0, 0.1) is 5.92 Å². The van der Waals surface area contributed by atoms with Gasteiger partial charge < -0.3 is 5.73 Å². The van der Waals surface area contributed by atoms with Gasteiger partial charge in [0.2, 0.25) is 0 Å². The molecular weight excluding hydrogens is 178 g/mol. The Kier molecular flexibility index (Phi) is 4.43. The van der Waals surface area contributed by atoms with E-state index in [4.69, 9.17) is 5.73 Å². The predicted molar refractivity (Wildman–Crippen MR) is 57.0 cm³/mol. The smallest absolute Gasteiger partial charge is 0.332 e. The predicted octanol–water partition coefficient (Wildman–Crippen LogP) is 2.00. The van der Waals surface area contributed by atoms with Crippen LogP contribution in [0.3, 0.4) is 0 Å². The minimum absolute atomic E-state index is 0.575. The van der Waals surface area contributed by atoms with Crippen LogP contribution in [0.25, 0.3) is 0 Å². The van der Waals surface area contributed by atoms with Crippen LogP contribution in [0.15, 0.2) is 5.10 Å². The van der Waals surface area contributed by atoms with Gasteiger partial charge in [0.15, 0.2) is 0 Å². The van der Waals surface area contributed by atoms with Crippen LogP contribution in [0.2, 0.25) is 0 Å². The molecule has 3 N–H and O–H groups in total. The molecule has 1 aliphatic rings. The number of carbonyl (C=O) groups is 1. The molecular formula is C10H19N3O. The van der Waals surface area contributed by atoms with Crippen LogP contribution in [0.1, 0.15) is 45.4 Å². The number of hydrogen-bond acceptors (Lipinski definition) is 2. The summed E-state index contributed by atoms with van der Waals surface area (Å²) in [5, 5.41) is 4.00. The Morgan fingerprint density at radius 1 is 1.57 bits per heavy atom. The van der Waals surface area contributed by atoms with Crippen molar-refractivity contribution in [3.8, 4) is 0 Å². The van der Waals surface area contributed by atoms with E-state index in [9.17, 15) is 4.79 Å². The molecule has 0 saturated heterocycles. The van der Waals surface area contributed by atoms with Crippen LogP contribution >= 0.6 is 0 Å². The average molecular weight is 197 g/mol. The fraction of sp³-hybridized carbons (Fsp3) is 0.800. The number of hydrogen-bond donors (Lipinski definition) is 2. The molecule has 2 amide bonds. The fourth-order valence-corrected chi connectivity index (χ4v) is 1.89. The maximum absolute atomic E-state index is 10.5. The monoisotopic (exact) mass is 197 g/mol. The van der Waals surface area contributed by atoms with Crippen LogP contribution < -0.4 is 11.2 Å². The second kappa shape index (κ2) is 5.62. The lowest BCUT2D eigenvalue weighted by atomic mass is 9.98. The number of amides is 2. The first-order valence-corrected chi connectivity index (χ1v) is 5.33. The first-order chi connectivity index (χ1) is 6.72. The van der Waals surface area contributed by atoms with Gasteiger partial charge >= 0.3 is 6.03 Å². The van der Waals surface area contributed by atoms with E-state index in [1.54, 1.807) is 0 Å². The van der Waals surface area contributed by atoms with Gasteiger partial charge in [-0.05, 0) is 31.6 Å². The summed E-state index contributed by atoms with van der Waals surface area (Å²) in [5.74, 6) is 0.830. The molecule has 1 aliphatic carbocycles. The Morgan fingerprint density at radius 3 is 3.00 bits per heavy atom. The molecule has 0 aromatic carbocycles. The summed E-state index contributed by atoms with van der Waals surface area (Å²) in [6.07, 6.45) is 6.89. The van der Waals surface area contributed by atoms with Gasteiger partial charge in [0.25, 0.3) is 0 Å². The minimum atomic E-state index is -0.575. The van der Waals surface area contributed by atoms with Crippen molar-refractivity contribution in [3.05, 3.63) is 0 Å². The van der Waals surface area contributed by atoms with Crippen molar-refractivity contribution in [3.63, 3.8) is 0 Å². The molecule has 1 unspecified atom stereocenters. The summed E-state index contributed by atoms with van der Waals surface area (Å²) in [7, 11) is 0. The van der Waals surface area contributed by atoms with Gasteiger partial charge in [-0.2, -0.15) is 5.10 Å². The molecule has 1 fully saturated rings.